The van der Waals surface area contributed by atoms with Gasteiger partial charge in [0.2, 0.25) is 0 Å². The summed E-state index contributed by atoms with van der Waals surface area (Å²) in [4.78, 5) is 7.98. The summed E-state index contributed by atoms with van der Waals surface area (Å²) in [5, 5.41) is 5.57. The van der Waals surface area contributed by atoms with Gasteiger partial charge in [0.05, 0.1) is 5.69 Å². The Morgan fingerprint density at radius 1 is 1.29 bits per heavy atom. The molecule has 2 aromatic heterocycles. The largest absolute Gasteiger partial charge is 0.328 e. The van der Waals surface area contributed by atoms with Crippen LogP contribution in [0.1, 0.15) is 19.5 Å². The maximum absolute atomic E-state index is 4.79. The predicted molar refractivity (Wildman–Crippen MR) is 89.5 cm³/mol. The Balaban J connectivity index is 2.00. The summed E-state index contributed by atoms with van der Waals surface area (Å²) in [6.07, 6.45) is 2.09. The molecule has 0 saturated heterocycles. The summed E-state index contributed by atoms with van der Waals surface area (Å²) < 4.78 is 2.18. The molecule has 3 aromatic rings. The molecule has 0 aliphatic rings. The maximum Gasteiger partial charge on any atom is 0.195 e. The molecule has 0 saturated carbocycles. The second-order valence-corrected chi connectivity index (χ2v) is 6.24. The number of imidazole rings is 1. The molecule has 0 radical (unpaired) electrons. The van der Waals surface area contributed by atoms with E-state index in [9.17, 15) is 0 Å². The van der Waals surface area contributed by atoms with Crippen molar-refractivity contribution in [2.24, 2.45) is 0 Å². The molecule has 0 fully saturated rings. The average Bonchev–Trinajstić information content (AvgIpc) is 3.06. The molecule has 3 rings (SSSR count). The van der Waals surface area contributed by atoms with E-state index in [1.165, 1.54) is 5.69 Å². The van der Waals surface area contributed by atoms with Crippen LogP contribution < -0.4 is 10.2 Å². The number of aromatic nitrogens is 2. The van der Waals surface area contributed by atoms with Gasteiger partial charge in [0.25, 0.3) is 0 Å². The molecular weight excluding hydrogens is 280 g/mol. The summed E-state index contributed by atoms with van der Waals surface area (Å²) in [5.74, 6) is 1.02. The van der Waals surface area contributed by atoms with Crippen molar-refractivity contribution in [2.75, 3.05) is 11.9 Å². The molecule has 0 aliphatic carbocycles. The van der Waals surface area contributed by atoms with Crippen LogP contribution in [0.4, 0.5) is 11.5 Å². The van der Waals surface area contributed by atoms with Crippen molar-refractivity contribution in [3.05, 3.63) is 47.6 Å². The monoisotopic (exact) mass is 300 g/mol. The lowest BCUT2D eigenvalue weighted by molar-refractivity contribution is 0.580. The van der Waals surface area contributed by atoms with Gasteiger partial charge in [-0.05, 0) is 12.1 Å². The average molecular weight is 300 g/mol. The zero-order chi connectivity index (χ0) is 14.8. The minimum atomic E-state index is 0.448. The Labute approximate surface area is 129 Å². The third kappa shape index (κ3) is 2.80. The van der Waals surface area contributed by atoms with Crippen molar-refractivity contribution >= 4 is 27.8 Å². The van der Waals surface area contributed by atoms with Crippen LogP contribution in [0.25, 0.3) is 4.96 Å². The highest BCUT2D eigenvalue weighted by atomic mass is 32.1. The number of para-hydroxylation sites is 1. The van der Waals surface area contributed by atoms with Crippen molar-refractivity contribution in [3.63, 3.8) is 0 Å². The van der Waals surface area contributed by atoms with Crippen LogP contribution in [-0.2, 0) is 6.54 Å². The van der Waals surface area contributed by atoms with Gasteiger partial charge in [-0.1, -0.05) is 32.0 Å². The van der Waals surface area contributed by atoms with E-state index in [4.69, 9.17) is 4.98 Å². The lowest BCUT2D eigenvalue weighted by Gasteiger charge is -2.19. The molecular formula is C16H20N4S. The van der Waals surface area contributed by atoms with Crippen LogP contribution in [0.15, 0.2) is 41.9 Å². The molecule has 0 atom stereocenters. The van der Waals surface area contributed by atoms with E-state index in [1.54, 1.807) is 11.3 Å². The van der Waals surface area contributed by atoms with E-state index in [0.717, 1.165) is 23.0 Å². The first kappa shape index (κ1) is 14.1. The smallest absolute Gasteiger partial charge is 0.195 e. The van der Waals surface area contributed by atoms with Gasteiger partial charge in [0.15, 0.2) is 10.8 Å². The van der Waals surface area contributed by atoms with Crippen LogP contribution in [-0.4, -0.2) is 22.5 Å². The van der Waals surface area contributed by atoms with Crippen LogP contribution >= 0.6 is 11.3 Å². The predicted octanol–water partition coefficient (Wildman–Crippen LogP) is 3.66. The Morgan fingerprint density at radius 2 is 2.05 bits per heavy atom. The maximum atomic E-state index is 4.79. The third-order valence-electron chi connectivity index (χ3n) is 3.48. The molecule has 1 aromatic carbocycles. The topological polar surface area (TPSA) is 32.6 Å². The molecule has 0 bridgehead atoms. The fourth-order valence-electron chi connectivity index (χ4n) is 2.33. The standard InChI is InChI=1S/C16H20N4S/c1-12(2)17-11-14-15(18-16-20(14)9-10-21-16)19(3)13-7-5-4-6-8-13/h4-10,12,17H,11H2,1-3H3. The number of rotatable bonds is 5. The SMILES string of the molecule is CC(C)NCc1c(N(C)c2ccccc2)nc2sccn12. The highest BCUT2D eigenvalue weighted by Gasteiger charge is 2.17. The fraction of sp³-hybridized carbons (Fsp3) is 0.312. The zero-order valence-corrected chi connectivity index (χ0v) is 13.4. The lowest BCUT2D eigenvalue weighted by atomic mass is 10.3. The Bertz CT molecular complexity index is 714. The number of nitrogens with zero attached hydrogens (tertiary/aromatic N) is 3. The first-order valence-electron chi connectivity index (χ1n) is 7.13. The van der Waals surface area contributed by atoms with Gasteiger partial charge in [-0.3, -0.25) is 4.40 Å². The van der Waals surface area contributed by atoms with Crippen LogP contribution in [0.3, 0.4) is 0 Å². The van der Waals surface area contributed by atoms with Gasteiger partial charge in [-0.2, -0.15) is 0 Å². The lowest BCUT2D eigenvalue weighted by Crippen LogP contribution is -2.24. The van der Waals surface area contributed by atoms with Gasteiger partial charge in [0.1, 0.15) is 0 Å². The van der Waals surface area contributed by atoms with E-state index in [0.29, 0.717) is 6.04 Å². The normalized spacial score (nSPS) is 11.4. The number of benzene rings is 1. The minimum Gasteiger partial charge on any atom is -0.328 e. The summed E-state index contributed by atoms with van der Waals surface area (Å²) in [6, 6.07) is 10.8. The highest BCUT2D eigenvalue weighted by molar-refractivity contribution is 7.15. The van der Waals surface area contributed by atoms with Gasteiger partial charge in [-0.25, -0.2) is 4.98 Å². The molecule has 0 amide bonds. The molecule has 4 nitrogen and oxygen atoms in total. The summed E-state index contributed by atoms with van der Waals surface area (Å²) in [5.41, 5.74) is 2.35. The van der Waals surface area contributed by atoms with Gasteiger partial charge < -0.3 is 10.2 Å². The molecule has 0 unspecified atom stereocenters. The van der Waals surface area contributed by atoms with Crippen molar-refractivity contribution in [3.8, 4) is 0 Å². The second-order valence-electron chi connectivity index (χ2n) is 5.37. The third-order valence-corrected chi connectivity index (χ3v) is 4.24. The number of fused-ring (bicyclic) bond motifs is 1. The van der Waals surface area contributed by atoms with E-state index >= 15 is 0 Å². The molecule has 2 heterocycles. The van der Waals surface area contributed by atoms with Gasteiger partial charge >= 0.3 is 0 Å². The fourth-order valence-corrected chi connectivity index (χ4v) is 3.06. The van der Waals surface area contributed by atoms with E-state index in [1.807, 2.05) is 6.07 Å². The summed E-state index contributed by atoms with van der Waals surface area (Å²) in [6.45, 7) is 5.13. The van der Waals surface area contributed by atoms with E-state index < -0.39 is 0 Å². The Kier molecular flexibility index (Phi) is 3.94. The Hall–Kier alpha value is -1.85. The number of thiazole rings is 1. The van der Waals surface area contributed by atoms with Crippen molar-refractivity contribution < 1.29 is 0 Å². The van der Waals surface area contributed by atoms with Gasteiger partial charge in [-0.15, -0.1) is 11.3 Å². The van der Waals surface area contributed by atoms with Crippen molar-refractivity contribution in [1.82, 2.24) is 14.7 Å². The minimum absolute atomic E-state index is 0.448. The van der Waals surface area contributed by atoms with Crippen LogP contribution in [0.2, 0.25) is 0 Å². The number of hydrogen-bond donors (Lipinski definition) is 1. The first-order valence-corrected chi connectivity index (χ1v) is 8.01. The van der Waals surface area contributed by atoms with E-state index in [-0.39, 0.29) is 0 Å². The Morgan fingerprint density at radius 3 is 2.76 bits per heavy atom. The number of hydrogen-bond acceptors (Lipinski definition) is 4. The highest BCUT2D eigenvalue weighted by Crippen LogP contribution is 2.29. The molecule has 110 valence electrons. The van der Waals surface area contributed by atoms with E-state index in [2.05, 4.69) is 71.4 Å². The molecule has 1 N–H and O–H groups in total. The second kappa shape index (κ2) is 5.87. The molecule has 0 aliphatic heterocycles. The molecule has 21 heavy (non-hydrogen) atoms. The van der Waals surface area contributed by atoms with Crippen molar-refractivity contribution in [2.45, 2.75) is 26.4 Å². The van der Waals surface area contributed by atoms with Crippen LogP contribution in [0.5, 0.6) is 0 Å². The first-order chi connectivity index (χ1) is 10.2. The molecule has 5 heteroatoms. The van der Waals surface area contributed by atoms with Crippen molar-refractivity contribution in [1.29, 1.82) is 0 Å². The summed E-state index contributed by atoms with van der Waals surface area (Å²) in [7, 11) is 2.07. The van der Waals surface area contributed by atoms with Crippen LogP contribution in [0, 0.1) is 0 Å². The van der Waals surface area contributed by atoms with Gasteiger partial charge in [0, 0.05) is 36.9 Å². The zero-order valence-electron chi connectivity index (χ0n) is 12.6. The quantitative estimate of drug-likeness (QED) is 0.780. The number of anilines is 2. The summed E-state index contributed by atoms with van der Waals surface area (Å²) >= 11 is 1.67. The molecule has 0 spiro atoms. The number of nitrogens with one attached hydrogen (secondary N) is 1.